The molecule has 112 valence electrons. The Morgan fingerprint density at radius 1 is 1.29 bits per heavy atom. The predicted octanol–water partition coefficient (Wildman–Crippen LogP) is 3.15. The topological polar surface area (TPSA) is 51.5 Å². The van der Waals surface area contributed by atoms with Crippen LogP contribution in [0.25, 0.3) is 11.0 Å². The van der Waals surface area contributed by atoms with Crippen molar-refractivity contribution >= 4 is 16.9 Å². The van der Waals surface area contributed by atoms with E-state index < -0.39 is 0 Å². The molecule has 1 aliphatic heterocycles. The fourth-order valence-corrected chi connectivity index (χ4v) is 2.87. The zero-order valence-electron chi connectivity index (χ0n) is 12.4. The molecule has 0 atom stereocenters. The van der Waals surface area contributed by atoms with Crippen molar-refractivity contribution in [2.45, 2.75) is 26.2 Å². The number of ether oxygens (including phenoxy) is 1. The van der Waals surface area contributed by atoms with E-state index in [4.69, 9.17) is 9.15 Å². The maximum Gasteiger partial charge on any atom is 0.255 e. The first-order valence-corrected chi connectivity index (χ1v) is 7.66. The molecule has 0 bridgehead atoms. The van der Waals surface area contributed by atoms with Gasteiger partial charge in [0.05, 0.1) is 5.56 Å². The van der Waals surface area contributed by atoms with Gasteiger partial charge >= 0.3 is 0 Å². The molecule has 2 aromatic rings. The average Bonchev–Trinajstić information content (AvgIpc) is 2.92. The zero-order valence-corrected chi connectivity index (χ0v) is 12.4. The highest BCUT2D eigenvalue weighted by Gasteiger charge is 2.21. The van der Waals surface area contributed by atoms with E-state index in [-0.39, 0.29) is 5.91 Å². The van der Waals surface area contributed by atoms with Gasteiger partial charge in [-0.2, -0.15) is 0 Å². The van der Waals surface area contributed by atoms with Crippen LogP contribution in [0.4, 0.5) is 0 Å². The van der Waals surface area contributed by atoms with E-state index >= 15 is 0 Å². The Labute approximate surface area is 124 Å². The van der Waals surface area contributed by atoms with Crippen LogP contribution in [0.5, 0.6) is 0 Å². The van der Waals surface area contributed by atoms with Gasteiger partial charge in [0.1, 0.15) is 11.3 Å². The summed E-state index contributed by atoms with van der Waals surface area (Å²) in [5.74, 6) is 1.26. The quantitative estimate of drug-likeness (QED) is 0.939. The largest absolute Gasteiger partial charge is 0.460 e. The second-order valence-electron chi connectivity index (χ2n) is 5.52. The maximum atomic E-state index is 12.5. The second kappa shape index (κ2) is 6.31. The van der Waals surface area contributed by atoms with Crippen LogP contribution in [-0.4, -0.2) is 25.7 Å². The van der Waals surface area contributed by atoms with Crippen LogP contribution < -0.4 is 5.32 Å². The summed E-state index contributed by atoms with van der Waals surface area (Å²) in [6, 6.07) is 7.71. The highest BCUT2D eigenvalue weighted by Crippen LogP contribution is 2.26. The molecule has 2 heterocycles. The van der Waals surface area contributed by atoms with E-state index in [1.807, 2.05) is 31.2 Å². The molecule has 0 unspecified atom stereocenters. The first kappa shape index (κ1) is 14.1. The lowest BCUT2D eigenvalue weighted by Crippen LogP contribution is -2.32. The maximum absolute atomic E-state index is 12.5. The Hall–Kier alpha value is -1.81. The Bertz CT molecular complexity index is 626. The SMILES string of the molecule is CCc1oc2ccccc2c1C(=O)NCC1CCOCC1. The van der Waals surface area contributed by atoms with E-state index in [0.717, 1.165) is 42.8 Å². The number of benzene rings is 1. The minimum atomic E-state index is -0.0247. The Balaban J connectivity index is 1.77. The molecule has 4 heteroatoms. The molecule has 0 aliphatic carbocycles. The third-order valence-corrected chi connectivity index (χ3v) is 4.11. The Morgan fingerprint density at radius 3 is 2.81 bits per heavy atom. The first-order valence-electron chi connectivity index (χ1n) is 7.66. The summed E-state index contributed by atoms with van der Waals surface area (Å²) < 4.78 is 11.1. The lowest BCUT2D eigenvalue weighted by atomic mass is 10.00. The number of amides is 1. The lowest BCUT2D eigenvalue weighted by molar-refractivity contribution is 0.0642. The van der Waals surface area contributed by atoms with Gasteiger partial charge in [-0.05, 0) is 24.8 Å². The molecule has 3 rings (SSSR count). The number of para-hydroxylation sites is 1. The van der Waals surface area contributed by atoms with Crippen LogP contribution in [0, 0.1) is 5.92 Å². The molecule has 0 spiro atoms. The Morgan fingerprint density at radius 2 is 2.05 bits per heavy atom. The van der Waals surface area contributed by atoms with Crippen molar-refractivity contribution in [3.05, 3.63) is 35.6 Å². The van der Waals surface area contributed by atoms with Crippen LogP contribution in [0.15, 0.2) is 28.7 Å². The van der Waals surface area contributed by atoms with Crippen molar-refractivity contribution in [3.63, 3.8) is 0 Å². The molecule has 1 aromatic carbocycles. The fourth-order valence-electron chi connectivity index (χ4n) is 2.87. The molecule has 21 heavy (non-hydrogen) atoms. The number of hydrogen-bond acceptors (Lipinski definition) is 3. The standard InChI is InChI=1S/C17H21NO3/c1-2-14-16(13-5-3-4-6-15(13)21-14)17(19)18-11-12-7-9-20-10-8-12/h3-6,12H,2,7-11H2,1H3,(H,18,19). The molecule has 1 saturated heterocycles. The molecule has 1 fully saturated rings. The summed E-state index contributed by atoms with van der Waals surface area (Å²) >= 11 is 0. The van der Waals surface area contributed by atoms with Gasteiger partial charge in [0.25, 0.3) is 5.91 Å². The van der Waals surface area contributed by atoms with Crippen LogP contribution in [0.1, 0.15) is 35.9 Å². The van der Waals surface area contributed by atoms with Crippen LogP contribution in [-0.2, 0) is 11.2 Å². The van der Waals surface area contributed by atoms with Gasteiger partial charge in [0, 0.05) is 31.6 Å². The van der Waals surface area contributed by atoms with Crippen molar-refractivity contribution in [2.75, 3.05) is 19.8 Å². The number of hydrogen-bond donors (Lipinski definition) is 1. The summed E-state index contributed by atoms with van der Waals surface area (Å²) in [6.07, 6.45) is 2.76. The van der Waals surface area contributed by atoms with Gasteiger partial charge in [-0.1, -0.05) is 25.1 Å². The minimum absolute atomic E-state index is 0.0247. The van der Waals surface area contributed by atoms with E-state index in [1.165, 1.54) is 0 Å². The predicted molar refractivity (Wildman–Crippen MR) is 81.5 cm³/mol. The lowest BCUT2D eigenvalue weighted by Gasteiger charge is -2.22. The van der Waals surface area contributed by atoms with Crippen molar-refractivity contribution in [1.29, 1.82) is 0 Å². The molecule has 1 aliphatic rings. The number of aryl methyl sites for hydroxylation is 1. The highest BCUT2D eigenvalue weighted by molar-refractivity contribution is 6.07. The smallest absolute Gasteiger partial charge is 0.255 e. The fraction of sp³-hybridized carbons (Fsp3) is 0.471. The molecular weight excluding hydrogens is 266 g/mol. The first-order chi connectivity index (χ1) is 10.3. The number of carbonyl (C=O) groups is 1. The summed E-state index contributed by atoms with van der Waals surface area (Å²) in [4.78, 5) is 12.5. The number of fused-ring (bicyclic) bond motifs is 1. The summed E-state index contributed by atoms with van der Waals surface area (Å²) in [5.41, 5.74) is 1.48. The molecule has 0 saturated carbocycles. The summed E-state index contributed by atoms with van der Waals surface area (Å²) in [5, 5.41) is 3.97. The minimum Gasteiger partial charge on any atom is -0.460 e. The van der Waals surface area contributed by atoms with Crippen molar-refractivity contribution in [2.24, 2.45) is 5.92 Å². The average molecular weight is 287 g/mol. The van der Waals surface area contributed by atoms with Crippen molar-refractivity contribution < 1.29 is 13.9 Å². The van der Waals surface area contributed by atoms with Gasteiger partial charge in [-0.15, -0.1) is 0 Å². The van der Waals surface area contributed by atoms with E-state index in [9.17, 15) is 4.79 Å². The molecular formula is C17H21NO3. The number of carbonyl (C=O) groups excluding carboxylic acids is 1. The second-order valence-corrected chi connectivity index (χ2v) is 5.52. The van der Waals surface area contributed by atoms with E-state index in [0.29, 0.717) is 24.4 Å². The molecule has 1 aromatic heterocycles. The van der Waals surface area contributed by atoms with Gasteiger partial charge in [0.2, 0.25) is 0 Å². The third-order valence-electron chi connectivity index (χ3n) is 4.11. The molecule has 1 N–H and O–H groups in total. The monoisotopic (exact) mass is 287 g/mol. The van der Waals surface area contributed by atoms with Gasteiger partial charge < -0.3 is 14.5 Å². The normalized spacial score (nSPS) is 16.2. The third kappa shape index (κ3) is 2.95. The highest BCUT2D eigenvalue weighted by atomic mass is 16.5. The van der Waals surface area contributed by atoms with Crippen LogP contribution in [0.3, 0.4) is 0 Å². The van der Waals surface area contributed by atoms with Gasteiger partial charge in [0.15, 0.2) is 0 Å². The molecule has 1 amide bonds. The van der Waals surface area contributed by atoms with Crippen molar-refractivity contribution in [3.8, 4) is 0 Å². The van der Waals surface area contributed by atoms with Crippen molar-refractivity contribution in [1.82, 2.24) is 5.32 Å². The number of nitrogens with one attached hydrogen (secondary N) is 1. The summed E-state index contributed by atoms with van der Waals surface area (Å²) in [7, 11) is 0. The van der Waals surface area contributed by atoms with Crippen LogP contribution in [0.2, 0.25) is 0 Å². The van der Waals surface area contributed by atoms with Gasteiger partial charge in [-0.25, -0.2) is 0 Å². The number of furan rings is 1. The Kier molecular flexibility index (Phi) is 4.25. The van der Waals surface area contributed by atoms with Crippen LogP contribution >= 0.6 is 0 Å². The number of rotatable bonds is 4. The van der Waals surface area contributed by atoms with Gasteiger partial charge in [-0.3, -0.25) is 4.79 Å². The molecule has 4 nitrogen and oxygen atoms in total. The summed E-state index contributed by atoms with van der Waals surface area (Å²) in [6.45, 7) is 4.32. The zero-order chi connectivity index (χ0) is 14.7. The van der Waals surface area contributed by atoms with E-state index in [2.05, 4.69) is 5.32 Å². The van der Waals surface area contributed by atoms with E-state index in [1.54, 1.807) is 0 Å². The molecule has 0 radical (unpaired) electrons.